The molecule has 120 valence electrons. The molecule has 0 heterocycles. The van der Waals surface area contributed by atoms with Crippen molar-refractivity contribution in [2.24, 2.45) is 5.92 Å². The predicted octanol–water partition coefficient (Wildman–Crippen LogP) is 2.14. The lowest BCUT2D eigenvalue weighted by Crippen LogP contribution is -2.36. The van der Waals surface area contributed by atoms with Crippen molar-refractivity contribution >= 4 is 29.1 Å². The van der Waals surface area contributed by atoms with Crippen molar-refractivity contribution in [3.63, 3.8) is 0 Å². The summed E-state index contributed by atoms with van der Waals surface area (Å²) in [7, 11) is 0. The summed E-state index contributed by atoms with van der Waals surface area (Å²) in [6.07, 6.45) is 1.51. The molecule has 6 nitrogen and oxygen atoms in total. The van der Waals surface area contributed by atoms with Crippen LogP contribution in [0, 0.1) is 5.92 Å². The molecule has 1 aromatic carbocycles. The number of benzene rings is 1. The Bertz CT molecular complexity index is 539. The molecule has 0 aliphatic rings. The summed E-state index contributed by atoms with van der Waals surface area (Å²) in [4.78, 5) is 34.6. The van der Waals surface area contributed by atoms with E-state index >= 15 is 0 Å². The van der Waals surface area contributed by atoms with Gasteiger partial charge in [-0.05, 0) is 31.0 Å². The fraction of sp³-hybridized carbons (Fsp3) is 0.438. The minimum atomic E-state index is -0.306. The number of nitrogens with one attached hydrogen (secondary N) is 3. The molecule has 0 radical (unpaired) electrons. The smallest absolute Gasteiger partial charge is 0.243 e. The quantitative estimate of drug-likeness (QED) is 0.721. The van der Waals surface area contributed by atoms with Crippen LogP contribution in [0.15, 0.2) is 24.3 Å². The van der Waals surface area contributed by atoms with Gasteiger partial charge in [-0.3, -0.25) is 14.4 Å². The Morgan fingerprint density at radius 1 is 1.05 bits per heavy atom. The van der Waals surface area contributed by atoms with Crippen LogP contribution >= 0.6 is 0 Å². The second kappa shape index (κ2) is 8.81. The molecule has 0 saturated heterocycles. The van der Waals surface area contributed by atoms with Crippen LogP contribution in [-0.2, 0) is 14.4 Å². The molecule has 3 N–H and O–H groups in total. The van der Waals surface area contributed by atoms with Crippen LogP contribution in [0.2, 0.25) is 0 Å². The zero-order valence-electron chi connectivity index (χ0n) is 13.2. The van der Waals surface area contributed by atoms with Crippen LogP contribution in [0.1, 0.15) is 33.6 Å². The fourth-order valence-corrected chi connectivity index (χ4v) is 2.05. The minimum absolute atomic E-state index is 0.0594. The van der Waals surface area contributed by atoms with E-state index < -0.39 is 0 Å². The van der Waals surface area contributed by atoms with E-state index in [4.69, 9.17) is 0 Å². The predicted molar refractivity (Wildman–Crippen MR) is 86.5 cm³/mol. The lowest BCUT2D eigenvalue weighted by atomic mass is 10.0. The third kappa shape index (κ3) is 5.95. The van der Waals surface area contributed by atoms with Gasteiger partial charge < -0.3 is 16.0 Å². The first-order chi connectivity index (χ1) is 10.5. The molecule has 1 rings (SSSR count). The molecule has 3 amide bonds. The summed E-state index contributed by atoms with van der Waals surface area (Å²) in [6, 6.07) is 6.82. The summed E-state index contributed by atoms with van der Waals surface area (Å²) in [5, 5.41) is 7.95. The molecule has 22 heavy (non-hydrogen) atoms. The lowest BCUT2D eigenvalue weighted by Gasteiger charge is -2.13. The molecule has 0 unspecified atom stereocenters. The van der Waals surface area contributed by atoms with Gasteiger partial charge in [-0.2, -0.15) is 0 Å². The van der Waals surface area contributed by atoms with Crippen molar-refractivity contribution in [1.29, 1.82) is 0 Å². The van der Waals surface area contributed by atoms with E-state index in [9.17, 15) is 14.4 Å². The van der Waals surface area contributed by atoms with Gasteiger partial charge in [0.1, 0.15) is 0 Å². The Balaban J connectivity index is 2.51. The van der Waals surface area contributed by atoms with Gasteiger partial charge in [0.2, 0.25) is 17.7 Å². The summed E-state index contributed by atoms with van der Waals surface area (Å²) < 4.78 is 0. The fourth-order valence-electron chi connectivity index (χ4n) is 2.05. The molecule has 0 spiro atoms. The van der Waals surface area contributed by atoms with Gasteiger partial charge in [-0.15, -0.1) is 0 Å². The molecule has 6 heteroatoms. The molecule has 1 aromatic rings. The number of hydrogen-bond acceptors (Lipinski definition) is 3. The van der Waals surface area contributed by atoms with E-state index in [1.54, 1.807) is 24.3 Å². The third-order valence-corrected chi connectivity index (χ3v) is 3.25. The standard InChI is InChI=1S/C16H23N3O3/c1-4-12(5-2)16(22)17-10-15(21)19-14-8-6-7-13(9-14)18-11(3)20/h6-9,12H,4-5,10H2,1-3H3,(H,17,22)(H,18,20)(H,19,21). The van der Waals surface area contributed by atoms with Gasteiger partial charge >= 0.3 is 0 Å². The van der Waals surface area contributed by atoms with Crippen molar-refractivity contribution in [3.05, 3.63) is 24.3 Å². The van der Waals surface area contributed by atoms with Gasteiger partial charge in [0, 0.05) is 24.2 Å². The van der Waals surface area contributed by atoms with Crippen molar-refractivity contribution in [2.75, 3.05) is 17.2 Å². The Morgan fingerprint density at radius 3 is 2.18 bits per heavy atom. The minimum Gasteiger partial charge on any atom is -0.347 e. The number of rotatable bonds is 7. The molecule has 0 bridgehead atoms. The molecule has 0 aliphatic heterocycles. The Morgan fingerprint density at radius 2 is 1.64 bits per heavy atom. The van der Waals surface area contributed by atoms with Crippen LogP contribution in [0.4, 0.5) is 11.4 Å². The second-order valence-electron chi connectivity index (χ2n) is 5.04. The number of hydrogen-bond donors (Lipinski definition) is 3. The molecule has 0 aromatic heterocycles. The van der Waals surface area contributed by atoms with E-state index in [0.717, 1.165) is 12.8 Å². The zero-order chi connectivity index (χ0) is 16.5. The maximum absolute atomic E-state index is 11.8. The maximum atomic E-state index is 11.8. The van der Waals surface area contributed by atoms with E-state index in [1.807, 2.05) is 13.8 Å². The van der Waals surface area contributed by atoms with E-state index in [2.05, 4.69) is 16.0 Å². The average molecular weight is 305 g/mol. The monoisotopic (exact) mass is 305 g/mol. The first-order valence-electron chi connectivity index (χ1n) is 7.41. The third-order valence-electron chi connectivity index (χ3n) is 3.25. The van der Waals surface area contributed by atoms with Crippen molar-refractivity contribution < 1.29 is 14.4 Å². The highest BCUT2D eigenvalue weighted by Gasteiger charge is 2.14. The summed E-state index contributed by atoms with van der Waals surface area (Å²) in [5.74, 6) is -0.650. The maximum Gasteiger partial charge on any atom is 0.243 e. The van der Waals surface area contributed by atoms with Crippen molar-refractivity contribution in [2.45, 2.75) is 33.6 Å². The van der Waals surface area contributed by atoms with Gasteiger partial charge in [-0.25, -0.2) is 0 Å². The Hall–Kier alpha value is -2.37. The van der Waals surface area contributed by atoms with Crippen molar-refractivity contribution in [3.8, 4) is 0 Å². The summed E-state index contributed by atoms with van der Waals surface area (Å²) in [6.45, 7) is 5.24. The largest absolute Gasteiger partial charge is 0.347 e. The van der Waals surface area contributed by atoms with E-state index in [-0.39, 0.29) is 30.2 Å². The summed E-state index contributed by atoms with van der Waals surface area (Å²) >= 11 is 0. The highest BCUT2D eigenvalue weighted by Crippen LogP contribution is 2.14. The number of carbonyl (C=O) groups is 3. The van der Waals surface area contributed by atoms with E-state index in [1.165, 1.54) is 6.92 Å². The summed E-state index contributed by atoms with van der Waals surface area (Å²) in [5.41, 5.74) is 1.17. The van der Waals surface area contributed by atoms with Crippen LogP contribution in [0.25, 0.3) is 0 Å². The normalized spacial score (nSPS) is 10.2. The Kier molecular flexibility index (Phi) is 7.08. The topological polar surface area (TPSA) is 87.3 Å². The van der Waals surface area contributed by atoms with Gasteiger partial charge in [-0.1, -0.05) is 19.9 Å². The molecule has 0 fully saturated rings. The number of carbonyl (C=O) groups excluding carboxylic acids is 3. The van der Waals surface area contributed by atoms with Crippen LogP contribution < -0.4 is 16.0 Å². The number of amides is 3. The van der Waals surface area contributed by atoms with Gasteiger partial charge in [0.05, 0.1) is 6.54 Å². The second-order valence-corrected chi connectivity index (χ2v) is 5.04. The van der Waals surface area contributed by atoms with Crippen LogP contribution in [-0.4, -0.2) is 24.3 Å². The number of anilines is 2. The Labute approximate surface area is 130 Å². The van der Waals surface area contributed by atoms with Crippen molar-refractivity contribution in [1.82, 2.24) is 5.32 Å². The highest BCUT2D eigenvalue weighted by molar-refractivity contribution is 5.96. The van der Waals surface area contributed by atoms with E-state index in [0.29, 0.717) is 11.4 Å². The highest BCUT2D eigenvalue weighted by atomic mass is 16.2. The molecular weight excluding hydrogens is 282 g/mol. The van der Waals surface area contributed by atoms with Gasteiger partial charge in [0.25, 0.3) is 0 Å². The molecular formula is C16H23N3O3. The zero-order valence-corrected chi connectivity index (χ0v) is 13.2. The molecule has 0 atom stereocenters. The first-order valence-corrected chi connectivity index (χ1v) is 7.41. The van der Waals surface area contributed by atoms with Crippen LogP contribution in [0.5, 0.6) is 0 Å². The average Bonchev–Trinajstić information content (AvgIpc) is 2.46. The van der Waals surface area contributed by atoms with Crippen LogP contribution in [0.3, 0.4) is 0 Å². The molecule has 0 aliphatic carbocycles. The van der Waals surface area contributed by atoms with Gasteiger partial charge in [0.15, 0.2) is 0 Å². The lowest BCUT2D eigenvalue weighted by molar-refractivity contribution is -0.127. The first kappa shape index (κ1) is 17.7. The SMILES string of the molecule is CCC(CC)C(=O)NCC(=O)Nc1cccc(NC(C)=O)c1. The molecule has 0 saturated carbocycles.